The van der Waals surface area contributed by atoms with Gasteiger partial charge in [0.2, 0.25) is 0 Å². The highest BCUT2D eigenvalue weighted by Gasteiger charge is 2.13. The first kappa shape index (κ1) is 17.2. The molecule has 0 spiro atoms. The first-order chi connectivity index (χ1) is 12.7. The maximum Gasteiger partial charge on any atom is 0.259 e. The molecule has 0 aliphatic heterocycles. The monoisotopic (exact) mass is 342 g/mol. The van der Waals surface area contributed by atoms with Crippen LogP contribution < -0.4 is 10.1 Å². The van der Waals surface area contributed by atoms with Crippen LogP contribution in [0.5, 0.6) is 5.75 Å². The molecule has 3 aromatic rings. The molecule has 1 N–H and O–H groups in total. The van der Waals surface area contributed by atoms with E-state index >= 15 is 0 Å². The number of rotatable bonds is 5. The van der Waals surface area contributed by atoms with E-state index in [1.54, 1.807) is 42.5 Å². The lowest BCUT2D eigenvalue weighted by atomic mass is 10.1. The molecule has 0 fully saturated rings. The number of nitrogens with one attached hydrogen (secondary N) is 1. The zero-order chi connectivity index (χ0) is 18.4. The number of amides is 1. The van der Waals surface area contributed by atoms with E-state index in [1.165, 1.54) is 0 Å². The van der Waals surface area contributed by atoms with Gasteiger partial charge in [-0.1, -0.05) is 36.4 Å². The van der Waals surface area contributed by atoms with Crippen molar-refractivity contribution in [3.8, 4) is 11.8 Å². The Kier molecular flexibility index (Phi) is 5.31. The van der Waals surface area contributed by atoms with Crippen LogP contribution in [0.15, 0.2) is 72.8 Å². The Morgan fingerprint density at radius 2 is 1.69 bits per heavy atom. The van der Waals surface area contributed by atoms with Gasteiger partial charge in [0.15, 0.2) is 0 Å². The molecule has 0 unspecified atom stereocenters. The van der Waals surface area contributed by atoms with Gasteiger partial charge >= 0.3 is 0 Å². The van der Waals surface area contributed by atoms with Crippen LogP contribution in [0.3, 0.4) is 0 Å². The van der Waals surface area contributed by atoms with E-state index in [1.807, 2.05) is 37.3 Å². The van der Waals surface area contributed by atoms with Gasteiger partial charge in [-0.05, 0) is 54.4 Å². The fourth-order valence-electron chi connectivity index (χ4n) is 2.53. The molecule has 0 saturated carbocycles. The van der Waals surface area contributed by atoms with Gasteiger partial charge in [0.05, 0.1) is 17.2 Å². The van der Waals surface area contributed by atoms with Crippen molar-refractivity contribution < 1.29 is 9.53 Å². The van der Waals surface area contributed by atoms with Crippen molar-refractivity contribution in [1.82, 2.24) is 0 Å². The highest BCUT2D eigenvalue weighted by Crippen LogP contribution is 2.22. The molecule has 4 nitrogen and oxygen atoms in total. The van der Waals surface area contributed by atoms with Gasteiger partial charge in [-0.25, -0.2) is 0 Å². The summed E-state index contributed by atoms with van der Waals surface area (Å²) < 4.78 is 5.90. The Bertz CT molecular complexity index is 956. The average molecular weight is 342 g/mol. The zero-order valence-electron chi connectivity index (χ0n) is 14.4. The molecule has 0 saturated heterocycles. The van der Waals surface area contributed by atoms with E-state index in [0.717, 1.165) is 11.1 Å². The molecular formula is C22H18N2O2. The van der Waals surface area contributed by atoms with Gasteiger partial charge in [-0.2, -0.15) is 5.26 Å². The first-order valence-electron chi connectivity index (χ1n) is 8.25. The maximum atomic E-state index is 12.6. The summed E-state index contributed by atoms with van der Waals surface area (Å²) in [5.74, 6) is 0.275. The molecule has 3 aromatic carbocycles. The van der Waals surface area contributed by atoms with Crippen LogP contribution >= 0.6 is 0 Å². The van der Waals surface area contributed by atoms with Crippen molar-refractivity contribution in [2.45, 2.75) is 13.5 Å². The summed E-state index contributed by atoms with van der Waals surface area (Å²) in [5.41, 5.74) is 3.86. The largest absolute Gasteiger partial charge is 0.488 e. The van der Waals surface area contributed by atoms with Crippen molar-refractivity contribution >= 4 is 11.6 Å². The SMILES string of the molecule is Cc1ccccc1COc1ccccc1C(=O)Nc1ccc(C#N)cc1. The first-order valence-corrected chi connectivity index (χ1v) is 8.25. The van der Waals surface area contributed by atoms with Gasteiger partial charge in [0.1, 0.15) is 12.4 Å². The second kappa shape index (κ2) is 8.00. The van der Waals surface area contributed by atoms with Crippen LogP contribution in [0.25, 0.3) is 0 Å². The van der Waals surface area contributed by atoms with E-state index in [0.29, 0.717) is 29.2 Å². The number of carbonyl (C=O) groups excluding carboxylic acids is 1. The van der Waals surface area contributed by atoms with Crippen LogP contribution in [-0.2, 0) is 6.61 Å². The highest BCUT2D eigenvalue weighted by molar-refractivity contribution is 6.06. The number of hydrogen-bond acceptors (Lipinski definition) is 3. The Hall–Kier alpha value is -3.58. The minimum absolute atomic E-state index is 0.255. The van der Waals surface area contributed by atoms with Crippen LogP contribution in [0.2, 0.25) is 0 Å². The molecule has 128 valence electrons. The molecule has 0 bridgehead atoms. The van der Waals surface area contributed by atoms with E-state index in [-0.39, 0.29) is 5.91 Å². The number of anilines is 1. The second-order valence-electron chi connectivity index (χ2n) is 5.85. The third-order valence-corrected chi connectivity index (χ3v) is 4.05. The quantitative estimate of drug-likeness (QED) is 0.731. The minimum Gasteiger partial charge on any atom is -0.488 e. The van der Waals surface area contributed by atoms with E-state index in [2.05, 4.69) is 11.4 Å². The van der Waals surface area contributed by atoms with Crippen molar-refractivity contribution in [1.29, 1.82) is 5.26 Å². The number of para-hydroxylation sites is 1. The predicted octanol–water partition coefficient (Wildman–Crippen LogP) is 4.70. The van der Waals surface area contributed by atoms with E-state index in [4.69, 9.17) is 10.00 Å². The summed E-state index contributed by atoms with van der Waals surface area (Å²) in [7, 11) is 0. The zero-order valence-corrected chi connectivity index (χ0v) is 14.4. The molecule has 3 rings (SSSR count). The Morgan fingerprint density at radius 1 is 1.00 bits per heavy atom. The number of hydrogen-bond donors (Lipinski definition) is 1. The van der Waals surface area contributed by atoms with E-state index in [9.17, 15) is 4.79 Å². The third kappa shape index (κ3) is 4.08. The van der Waals surface area contributed by atoms with Gasteiger partial charge in [-0.15, -0.1) is 0 Å². The topological polar surface area (TPSA) is 62.1 Å². The number of nitriles is 1. The fraction of sp³-hybridized carbons (Fsp3) is 0.0909. The lowest BCUT2D eigenvalue weighted by Gasteiger charge is -2.13. The number of aryl methyl sites for hydroxylation is 1. The summed E-state index contributed by atoms with van der Waals surface area (Å²) in [4.78, 5) is 12.6. The number of benzene rings is 3. The molecule has 0 heterocycles. The molecular weight excluding hydrogens is 324 g/mol. The standard InChI is InChI=1S/C22H18N2O2/c1-16-6-2-3-7-18(16)15-26-21-9-5-4-8-20(21)22(25)24-19-12-10-17(14-23)11-13-19/h2-13H,15H2,1H3,(H,24,25). The summed E-state index contributed by atoms with van der Waals surface area (Å²) in [6, 6.07) is 23.9. The lowest BCUT2D eigenvalue weighted by Crippen LogP contribution is -2.13. The second-order valence-corrected chi connectivity index (χ2v) is 5.85. The summed E-state index contributed by atoms with van der Waals surface area (Å²) in [6.45, 7) is 2.43. The van der Waals surface area contributed by atoms with Crippen molar-refractivity contribution in [2.75, 3.05) is 5.32 Å². The van der Waals surface area contributed by atoms with Crippen molar-refractivity contribution in [2.24, 2.45) is 0 Å². The van der Waals surface area contributed by atoms with E-state index < -0.39 is 0 Å². The summed E-state index contributed by atoms with van der Waals surface area (Å²) in [5, 5.41) is 11.7. The number of ether oxygens (including phenoxy) is 1. The normalized spacial score (nSPS) is 10.0. The maximum absolute atomic E-state index is 12.6. The lowest BCUT2D eigenvalue weighted by molar-refractivity contribution is 0.102. The molecule has 26 heavy (non-hydrogen) atoms. The van der Waals surface area contributed by atoms with Gasteiger partial charge < -0.3 is 10.1 Å². The Balaban J connectivity index is 1.74. The number of carbonyl (C=O) groups is 1. The smallest absolute Gasteiger partial charge is 0.259 e. The van der Waals surface area contributed by atoms with Crippen molar-refractivity contribution in [3.05, 3.63) is 95.1 Å². The van der Waals surface area contributed by atoms with Crippen molar-refractivity contribution in [3.63, 3.8) is 0 Å². The summed E-state index contributed by atoms with van der Waals surface area (Å²) in [6.07, 6.45) is 0. The number of nitrogens with zero attached hydrogens (tertiary/aromatic N) is 1. The van der Waals surface area contributed by atoms with Crippen LogP contribution in [0.1, 0.15) is 27.0 Å². The molecule has 0 aromatic heterocycles. The Labute approximate surface area is 152 Å². The molecule has 1 amide bonds. The molecule has 0 atom stereocenters. The minimum atomic E-state index is -0.255. The third-order valence-electron chi connectivity index (χ3n) is 4.05. The van der Waals surface area contributed by atoms with Crippen LogP contribution in [0, 0.1) is 18.3 Å². The molecule has 0 aliphatic rings. The summed E-state index contributed by atoms with van der Waals surface area (Å²) >= 11 is 0. The van der Waals surface area contributed by atoms with Crippen LogP contribution in [-0.4, -0.2) is 5.91 Å². The average Bonchev–Trinajstić information content (AvgIpc) is 2.68. The van der Waals surface area contributed by atoms with Crippen LogP contribution in [0.4, 0.5) is 5.69 Å². The fourth-order valence-corrected chi connectivity index (χ4v) is 2.53. The molecule has 0 aliphatic carbocycles. The van der Waals surface area contributed by atoms with Gasteiger partial charge in [-0.3, -0.25) is 4.79 Å². The molecule has 4 heteroatoms. The Morgan fingerprint density at radius 3 is 2.42 bits per heavy atom. The van der Waals surface area contributed by atoms with Gasteiger partial charge in [0, 0.05) is 5.69 Å². The highest BCUT2D eigenvalue weighted by atomic mass is 16.5. The van der Waals surface area contributed by atoms with Gasteiger partial charge in [0.25, 0.3) is 5.91 Å². The molecule has 0 radical (unpaired) electrons. The predicted molar refractivity (Wildman–Crippen MR) is 101 cm³/mol.